The molecule has 4 nitrogen and oxygen atoms in total. The van der Waals surface area contributed by atoms with E-state index >= 15 is 0 Å². The minimum Gasteiger partial charge on any atom is -0.497 e. The summed E-state index contributed by atoms with van der Waals surface area (Å²) in [7, 11) is 1.65. The van der Waals surface area contributed by atoms with E-state index in [1.807, 2.05) is 24.4 Å². The van der Waals surface area contributed by atoms with Gasteiger partial charge in [0, 0.05) is 29.8 Å². The molecule has 1 N–H and O–H groups in total. The molecular formula is C13H16N2O2. The van der Waals surface area contributed by atoms with Gasteiger partial charge in [0.15, 0.2) is 0 Å². The van der Waals surface area contributed by atoms with Crippen LogP contribution >= 0.6 is 0 Å². The lowest BCUT2D eigenvalue weighted by Gasteiger charge is -2.03. The van der Waals surface area contributed by atoms with Crippen LogP contribution in [-0.4, -0.2) is 22.6 Å². The molecule has 90 valence electrons. The monoisotopic (exact) mass is 232 g/mol. The van der Waals surface area contributed by atoms with E-state index < -0.39 is 0 Å². The number of fused-ring (bicyclic) bond motifs is 1. The highest BCUT2D eigenvalue weighted by atomic mass is 16.5. The van der Waals surface area contributed by atoms with Gasteiger partial charge in [-0.3, -0.25) is 0 Å². The molecule has 0 fully saturated rings. The molecule has 0 bridgehead atoms. The van der Waals surface area contributed by atoms with Crippen molar-refractivity contribution in [2.24, 2.45) is 5.16 Å². The van der Waals surface area contributed by atoms with Gasteiger partial charge in [-0.2, -0.15) is 0 Å². The highest BCUT2D eigenvalue weighted by Crippen LogP contribution is 2.26. The Morgan fingerprint density at radius 1 is 1.47 bits per heavy atom. The van der Waals surface area contributed by atoms with Crippen LogP contribution in [0, 0.1) is 0 Å². The number of benzene rings is 1. The van der Waals surface area contributed by atoms with Crippen molar-refractivity contribution < 1.29 is 9.94 Å². The third-order valence-electron chi connectivity index (χ3n) is 2.97. The van der Waals surface area contributed by atoms with E-state index in [4.69, 9.17) is 9.94 Å². The lowest BCUT2D eigenvalue weighted by atomic mass is 10.1. The Balaban J connectivity index is 2.72. The van der Waals surface area contributed by atoms with Crippen LogP contribution in [0.5, 0.6) is 5.75 Å². The Bertz CT molecular complexity index is 570. The molecule has 0 atom stereocenters. The fraction of sp³-hybridized carbons (Fsp3) is 0.308. The molecule has 0 aliphatic carbocycles. The summed E-state index contributed by atoms with van der Waals surface area (Å²) in [6, 6.07) is 5.90. The normalized spacial score (nSPS) is 12.1. The van der Waals surface area contributed by atoms with Gasteiger partial charge in [0.1, 0.15) is 5.75 Å². The Morgan fingerprint density at radius 2 is 2.24 bits per heavy atom. The quantitative estimate of drug-likeness (QED) is 0.502. The van der Waals surface area contributed by atoms with E-state index in [1.165, 1.54) is 0 Å². The van der Waals surface area contributed by atoms with Crippen LogP contribution < -0.4 is 4.74 Å². The molecule has 1 aromatic heterocycles. The van der Waals surface area contributed by atoms with Gasteiger partial charge in [-0.15, -0.1) is 0 Å². The first-order valence-corrected chi connectivity index (χ1v) is 5.57. The first-order chi connectivity index (χ1) is 8.21. The van der Waals surface area contributed by atoms with Gasteiger partial charge in [0.05, 0.1) is 18.3 Å². The predicted octanol–water partition coefficient (Wildman–Crippen LogP) is 2.87. The lowest BCUT2D eigenvalue weighted by molar-refractivity contribution is 0.319. The molecule has 4 heteroatoms. The van der Waals surface area contributed by atoms with Crippen LogP contribution in [-0.2, 0) is 6.54 Å². The summed E-state index contributed by atoms with van der Waals surface area (Å²) in [6.07, 6.45) is 2.00. The third kappa shape index (κ3) is 1.86. The van der Waals surface area contributed by atoms with Crippen LogP contribution in [0.25, 0.3) is 10.9 Å². The van der Waals surface area contributed by atoms with Crippen LogP contribution in [0.2, 0.25) is 0 Å². The van der Waals surface area contributed by atoms with Gasteiger partial charge in [-0.25, -0.2) is 0 Å². The van der Waals surface area contributed by atoms with E-state index in [-0.39, 0.29) is 0 Å². The van der Waals surface area contributed by atoms with Crippen LogP contribution in [0.1, 0.15) is 19.4 Å². The van der Waals surface area contributed by atoms with E-state index in [9.17, 15) is 0 Å². The zero-order valence-electron chi connectivity index (χ0n) is 10.3. The fourth-order valence-electron chi connectivity index (χ4n) is 2.00. The number of hydrogen-bond donors (Lipinski definition) is 1. The molecule has 0 saturated heterocycles. The van der Waals surface area contributed by atoms with Crippen LogP contribution in [0.4, 0.5) is 0 Å². The maximum atomic E-state index is 8.88. The van der Waals surface area contributed by atoms with E-state index in [1.54, 1.807) is 14.0 Å². The van der Waals surface area contributed by atoms with Gasteiger partial charge in [-0.1, -0.05) is 5.16 Å². The summed E-state index contributed by atoms with van der Waals surface area (Å²) in [4.78, 5) is 0. The largest absolute Gasteiger partial charge is 0.497 e. The topological polar surface area (TPSA) is 46.8 Å². The van der Waals surface area contributed by atoms with Gasteiger partial charge >= 0.3 is 0 Å². The standard InChI is InChI=1S/C13H16N2O2/c1-4-15-8-12(9(2)14-16)11-6-5-10(17-3)7-13(11)15/h5-8,16H,4H2,1-3H3/b14-9+. The smallest absolute Gasteiger partial charge is 0.120 e. The number of hydrogen-bond acceptors (Lipinski definition) is 3. The lowest BCUT2D eigenvalue weighted by Crippen LogP contribution is -1.93. The van der Waals surface area contributed by atoms with Crippen LogP contribution in [0.15, 0.2) is 29.6 Å². The molecule has 0 radical (unpaired) electrons. The summed E-state index contributed by atoms with van der Waals surface area (Å²) >= 11 is 0. The molecule has 0 aliphatic heterocycles. The number of rotatable bonds is 3. The zero-order chi connectivity index (χ0) is 12.4. The van der Waals surface area contributed by atoms with Crippen molar-refractivity contribution in [2.75, 3.05) is 7.11 Å². The molecule has 2 aromatic rings. The van der Waals surface area contributed by atoms with Gasteiger partial charge in [0.25, 0.3) is 0 Å². The number of oxime groups is 1. The molecule has 0 aliphatic rings. The summed E-state index contributed by atoms with van der Waals surface area (Å²) in [5.74, 6) is 0.829. The van der Waals surface area contributed by atoms with Crippen molar-refractivity contribution in [1.29, 1.82) is 0 Å². The molecule has 1 heterocycles. The SMILES string of the molecule is CCn1cc(/C(C)=N/O)c2ccc(OC)cc21. The molecule has 1 aromatic carbocycles. The average Bonchev–Trinajstić information content (AvgIpc) is 2.75. The Kier molecular flexibility index (Phi) is 3.04. The summed E-state index contributed by atoms with van der Waals surface area (Å²) in [5, 5.41) is 13.2. The van der Waals surface area contributed by atoms with Gasteiger partial charge < -0.3 is 14.5 Å². The zero-order valence-corrected chi connectivity index (χ0v) is 10.3. The number of aryl methyl sites for hydroxylation is 1. The number of aromatic nitrogens is 1. The number of ether oxygens (including phenoxy) is 1. The molecule has 17 heavy (non-hydrogen) atoms. The molecule has 0 amide bonds. The van der Waals surface area contributed by atoms with Gasteiger partial charge in [-0.05, 0) is 26.0 Å². The second-order valence-electron chi connectivity index (χ2n) is 3.90. The van der Waals surface area contributed by atoms with Crippen molar-refractivity contribution in [1.82, 2.24) is 4.57 Å². The average molecular weight is 232 g/mol. The highest BCUT2D eigenvalue weighted by Gasteiger charge is 2.11. The number of methoxy groups -OCH3 is 1. The van der Waals surface area contributed by atoms with Crippen molar-refractivity contribution in [3.05, 3.63) is 30.0 Å². The summed E-state index contributed by atoms with van der Waals surface area (Å²) in [5.41, 5.74) is 2.66. The second-order valence-corrected chi connectivity index (χ2v) is 3.90. The molecule has 0 unspecified atom stereocenters. The molecule has 0 saturated carbocycles. The Morgan fingerprint density at radius 3 is 2.82 bits per heavy atom. The van der Waals surface area contributed by atoms with E-state index in [0.29, 0.717) is 5.71 Å². The van der Waals surface area contributed by atoms with Crippen molar-refractivity contribution >= 4 is 16.6 Å². The maximum absolute atomic E-state index is 8.88. The van der Waals surface area contributed by atoms with E-state index in [2.05, 4.69) is 16.6 Å². The predicted molar refractivity (Wildman–Crippen MR) is 68.2 cm³/mol. The first-order valence-electron chi connectivity index (χ1n) is 5.57. The summed E-state index contributed by atoms with van der Waals surface area (Å²) < 4.78 is 7.34. The minimum absolute atomic E-state index is 0.618. The maximum Gasteiger partial charge on any atom is 0.120 e. The van der Waals surface area contributed by atoms with Crippen molar-refractivity contribution in [2.45, 2.75) is 20.4 Å². The Labute approximate surface area is 100 Å². The Hall–Kier alpha value is -1.97. The van der Waals surface area contributed by atoms with Crippen LogP contribution in [0.3, 0.4) is 0 Å². The highest BCUT2D eigenvalue weighted by molar-refractivity contribution is 6.09. The molecule has 0 spiro atoms. The van der Waals surface area contributed by atoms with Crippen molar-refractivity contribution in [3.63, 3.8) is 0 Å². The third-order valence-corrected chi connectivity index (χ3v) is 2.97. The van der Waals surface area contributed by atoms with E-state index in [0.717, 1.165) is 28.8 Å². The fourth-order valence-corrected chi connectivity index (χ4v) is 2.00. The molecular weight excluding hydrogens is 216 g/mol. The minimum atomic E-state index is 0.618. The molecule has 2 rings (SSSR count). The number of nitrogens with zero attached hydrogens (tertiary/aromatic N) is 2. The van der Waals surface area contributed by atoms with Crippen molar-refractivity contribution in [3.8, 4) is 5.75 Å². The second kappa shape index (κ2) is 4.49. The first kappa shape index (κ1) is 11.5. The van der Waals surface area contributed by atoms with Gasteiger partial charge in [0.2, 0.25) is 0 Å². The summed E-state index contributed by atoms with van der Waals surface area (Å²) in [6.45, 7) is 4.73.